The molecule has 0 aliphatic carbocycles. The summed E-state index contributed by atoms with van der Waals surface area (Å²) in [5, 5.41) is 5.86. The van der Waals surface area contributed by atoms with Gasteiger partial charge in [-0.05, 0) is 20.8 Å². The van der Waals surface area contributed by atoms with E-state index in [0.29, 0.717) is 0 Å². The molecular weight excluding hydrogens is 264 g/mol. The van der Waals surface area contributed by atoms with Crippen LogP contribution in [-0.2, 0) is 4.79 Å². The fraction of sp³-hybridized carbons (Fsp3) is 0.556. The predicted octanol–water partition coefficient (Wildman–Crippen LogP) is 2.41. The number of amides is 1. The molecule has 0 saturated heterocycles. The third-order valence-electron chi connectivity index (χ3n) is 1.80. The van der Waals surface area contributed by atoms with Gasteiger partial charge in [-0.2, -0.15) is 0 Å². The first-order valence-corrected chi connectivity index (χ1v) is 6.16. The van der Waals surface area contributed by atoms with Crippen molar-refractivity contribution in [2.75, 3.05) is 0 Å². The van der Waals surface area contributed by atoms with Crippen LogP contribution >= 0.6 is 27.3 Å². The van der Waals surface area contributed by atoms with Gasteiger partial charge in [0, 0.05) is 5.38 Å². The number of aromatic nitrogens is 1. The Morgan fingerprint density at radius 3 is 2.71 bits per heavy atom. The number of aryl methyl sites for hydroxylation is 1. The molecule has 2 atom stereocenters. The van der Waals surface area contributed by atoms with E-state index in [1.165, 1.54) is 0 Å². The second-order valence-corrected chi connectivity index (χ2v) is 5.57. The van der Waals surface area contributed by atoms with E-state index in [1.54, 1.807) is 18.3 Å². The minimum atomic E-state index is -0.162. The van der Waals surface area contributed by atoms with Gasteiger partial charge in [0.25, 0.3) is 0 Å². The molecule has 0 aliphatic rings. The highest BCUT2D eigenvalue weighted by molar-refractivity contribution is 9.10. The van der Waals surface area contributed by atoms with Crippen molar-refractivity contribution in [2.24, 2.45) is 0 Å². The highest BCUT2D eigenvalue weighted by atomic mass is 79.9. The lowest BCUT2D eigenvalue weighted by Crippen LogP contribution is -2.31. The van der Waals surface area contributed by atoms with Gasteiger partial charge in [0.15, 0.2) is 0 Å². The number of carbonyl (C=O) groups excluding carboxylic acids is 1. The molecule has 1 N–H and O–H groups in total. The molecule has 0 saturated carbocycles. The van der Waals surface area contributed by atoms with Crippen LogP contribution in [0.25, 0.3) is 0 Å². The lowest BCUT2D eigenvalue weighted by molar-refractivity contribution is -0.120. The zero-order valence-electron chi connectivity index (χ0n) is 8.37. The van der Waals surface area contributed by atoms with Crippen LogP contribution in [0.4, 0.5) is 0 Å². The third-order valence-corrected chi connectivity index (χ3v) is 3.01. The third kappa shape index (κ3) is 3.06. The van der Waals surface area contributed by atoms with Crippen molar-refractivity contribution in [1.29, 1.82) is 0 Å². The summed E-state index contributed by atoms with van der Waals surface area (Å²) in [4.78, 5) is 15.5. The summed E-state index contributed by atoms with van der Waals surface area (Å²) < 4.78 is 0. The largest absolute Gasteiger partial charge is 0.347 e. The molecule has 0 radical (unpaired) electrons. The van der Waals surface area contributed by atoms with Crippen molar-refractivity contribution in [1.82, 2.24) is 10.3 Å². The summed E-state index contributed by atoms with van der Waals surface area (Å²) >= 11 is 4.81. The molecule has 1 rings (SSSR count). The quantitative estimate of drug-likeness (QED) is 0.862. The Labute approximate surface area is 96.1 Å². The van der Waals surface area contributed by atoms with E-state index in [4.69, 9.17) is 0 Å². The minimum absolute atomic E-state index is 0.0110. The number of alkyl halides is 1. The van der Waals surface area contributed by atoms with Crippen molar-refractivity contribution in [3.05, 3.63) is 16.1 Å². The number of halogens is 1. The number of rotatable bonds is 3. The normalized spacial score (nSPS) is 14.9. The minimum Gasteiger partial charge on any atom is -0.347 e. The molecule has 3 nitrogen and oxygen atoms in total. The Morgan fingerprint density at radius 2 is 2.29 bits per heavy atom. The Hall–Kier alpha value is -0.420. The van der Waals surface area contributed by atoms with Crippen LogP contribution in [0.1, 0.15) is 30.6 Å². The highest BCUT2D eigenvalue weighted by Crippen LogP contribution is 2.16. The van der Waals surface area contributed by atoms with Crippen molar-refractivity contribution in [3.8, 4) is 0 Å². The van der Waals surface area contributed by atoms with E-state index >= 15 is 0 Å². The molecule has 78 valence electrons. The van der Waals surface area contributed by atoms with Crippen LogP contribution in [0.3, 0.4) is 0 Å². The van der Waals surface area contributed by atoms with E-state index in [0.717, 1.165) is 10.7 Å². The molecule has 0 spiro atoms. The molecule has 0 fully saturated rings. The predicted molar refractivity (Wildman–Crippen MR) is 61.8 cm³/mol. The Bertz CT molecular complexity index is 324. The van der Waals surface area contributed by atoms with Gasteiger partial charge in [0.1, 0.15) is 0 Å². The molecule has 14 heavy (non-hydrogen) atoms. The number of carbonyl (C=O) groups is 1. The average Bonchev–Trinajstić information content (AvgIpc) is 2.51. The van der Waals surface area contributed by atoms with Gasteiger partial charge in [-0.1, -0.05) is 15.9 Å². The van der Waals surface area contributed by atoms with Crippen LogP contribution in [0.5, 0.6) is 0 Å². The number of nitrogens with one attached hydrogen (secondary N) is 1. The fourth-order valence-corrected chi connectivity index (χ4v) is 1.82. The summed E-state index contributed by atoms with van der Waals surface area (Å²) in [7, 11) is 0. The molecular formula is C9H13BrN2OS. The van der Waals surface area contributed by atoms with Crippen LogP contribution in [0.15, 0.2) is 5.38 Å². The zero-order valence-corrected chi connectivity index (χ0v) is 10.8. The second-order valence-electron chi connectivity index (χ2n) is 3.14. The maximum Gasteiger partial charge on any atom is 0.234 e. The zero-order chi connectivity index (χ0) is 10.7. The summed E-state index contributed by atoms with van der Waals surface area (Å²) in [5.41, 5.74) is 0.925. The molecule has 1 aromatic heterocycles. The summed E-state index contributed by atoms with van der Waals surface area (Å²) in [5.74, 6) is -0.0110. The Morgan fingerprint density at radius 1 is 1.64 bits per heavy atom. The van der Waals surface area contributed by atoms with Crippen molar-refractivity contribution in [2.45, 2.75) is 31.6 Å². The van der Waals surface area contributed by atoms with E-state index in [9.17, 15) is 4.79 Å². The average molecular weight is 277 g/mol. The number of nitrogens with zero attached hydrogens (tertiary/aromatic N) is 1. The molecule has 1 heterocycles. The van der Waals surface area contributed by atoms with Gasteiger partial charge in [0.05, 0.1) is 21.6 Å². The smallest absolute Gasteiger partial charge is 0.234 e. The Kier molecular flexibility index (Phi) is 4.07. The Balaban J connectivity index is 2.59. The molecule has 1 aromatic rings. The van der Waals surface area contributed by atoms with Crippen molar-refractivity contribution in [3.63, 3.8) is 0 Å². The van der Waals surface area contributed by atoms with E-state index < -0.39 is 0 Å². The van der Waals surface area contributed by atoms with Gasteiger partial charge in [-0.3, -0.25) is 4.79 Å². The lowest BCUT2D eigenvalue weighted by Gasteiger charge is -2.12. The van der Waals surface area contributed by atoms with Gasteiger partial charge in [0.2, 0.25) is 5.91 Å². The number of hydrogen-bond donors (Lipinski definition) is 1. The fourth-order valence-electron chi connectivity index (χ4n) is 0.981. The molecule has 5 heteroatoms. The SMILES string of the molecule is Cc1nc(C(C)NC(=O)C(C)Br)cs1. The van der Waals surface area contributed by atoms with E-state index in [-0.39, 0.29) is 16.8 Å². The van der Waals surface area contributed by atoms with E-state index in [2.05, 4.69) is 26.2 Å². The number of hydrogen-bond acceptors (Lipinski definition) is 3. The monoisotopic (exact) mass is 276 g/mol. The first kappa shape index (κ1) is 11.7. The topological polar surface area (TPSA) is 42.0 Å². The maximum atomic E-state index is 11.4. The molecule has 0 aromatic carbocycles. The molecule has 0 bridgehead atoms. The van der Waals surface area contributed by atoms with Crippen LogP contribution in [-0.4, -0.2) is 15.7 Å². The summed E-state index contributed by atoms with van der Waals surface area (Å²) in [6, 6.07) is -0.0209. The standard InChI is InChI=1S/C9H13BrN2OS/c1-5(10)9(13)11-6(2)8-4-14-7(3)12-8/h4-6H,1-3H3,(H,11,13). The lowest BCUT2D eigenvalue weighted by atomic mass is 10.2. The first-order chi connectivity index (χ1) is 6.50. The van der Waals surface area contributed by atoms with Crippen LogP contribution < -0.4 is 5.32 Å². The van der Waals surface area contributed by atoms with Crippen molar-refractivity contribution >= 4 is 33.2 Å². The van der Waals surface area contributed by atoms with Gasteiger partial charge >= 0.3 is 0 Å². The number of thiazole rings is 1. The highest BCUT2D eigenvalue weighted by Gasteiger charge is 2.14. The first-order valence-electron chi connectivity index (χ1n) is 4.37. The maximum absolute atomic E-state index is 11.4. The van der Waals surface area contributed by atoms with Crippen LogP contribution in [0.2, 0.25) is 0 Å². The van der Waals surface area contributed by atoms with Gasteiger partial charge in [-0.25, -0.2) is 4.98 Å². The summed E-state index contributed by atoms with van der Waals surface area (Å²) in [6.45, 7) is 5.69. The van der Waals surface area contributed by atoms with Gasteiger partial charge < -0.3 is 5.32 Å². The summed E-state index contributed by atoms with van der Waals surface area (Å²) in [6.07, 6.45) is 0. The van der Waals surface area contributed by atoms with E-state index in [1.807, 2.05) is 19.2 Å². The molecule has 1 amide bonds. The van der Waals surface area contributed by atoms with Crippen molar-refractivity contribution < 1.29 is 4.79 Å². The second kappa shape index (κ2) is 4.89. The van der Waals surface area contributed by atoms with Crippen LogP contribution in [0, 0.1) is 6.92 Å². The molecule has 2 unspecified atom stereocenters. The molecule has 0 aliphatic heterocycles. The van der Waals surface area contributed by atoms with Gasteiger partial charge in [-0.15, -0.1) is 11.3 Å².